The minimum atomic E-state index is -0.635. The molecule has 1 fully saturated rings. The van der Waals surface area contributed by atoms with Gasteiger partial charge in [0.15, 0.2) is 5.78 Å². The number of carbonyl (C=O) groups is 3. The van der Waals surface area contributed by atoms with Crippen molar-refractivity contribution >= 4 is 29.0 Å². The molecule has 30 heavy (non-hydrogen) atoms. The molecule has 0 radical (unpaired) electrons. The number of anilines is 1. The number of nitro groups is 1. The lowest BCUT2D eigenvalue weighted by molar-refractivity contribution is -0.385. The summed E-state index contributed by atoms with van der Waals surface area (Å²) in [6, 6.07) is 11.5. The van der Waals surface area contributed by atoms with Gasteiger partial charge in [0.05, 0.1) is 17.2 Å². The highest BCUT2D eigenvalue weighted by molar-refractivity contribution is 6.23. The summed E-state index contributed by atoms with van der Waals surface area (Å²) in [6.07, 6.45) is 0. The first-order chi connectivity index (χ1) is 14.4. The molecule has 0 N–H and O–H groups in total. The van der Waals surface area contributed by atoms with Crippen LogP contribution in [0.5, 0.6) is 0 Å². The maximum absolute atomic E-state index is 12.7. The molecule has 0 saturated carbocycles. The molecule has 0 spiro atoms. The molecule has 2 aromatic carbocycles. The number of ketones is 1. The quantitative estimate of drug-likeness (QED) is 0.323. The average molecular weight is 408 g/mol. The molecule has 4 rings (SSSR count). The molecule has 0 atom stereocenters. The zero-order valence-electron chi connectivity index (χ0n) is 16.4. The lowest BCUT2D eigenvalue weighted by Crippen LogP contribution is -2.51. The van der Waals surface area contributed by atoms with E-state index in [1.807, 2.05) is 17.0 Å². The van der Waals surface area contributed by atoms with Gasteiger partial charge in [-0.2, -0.15) is 0 Å². The van der Waals surface area contributed by atoms with Crippen molar-refractivity contribution < 1.29 is 19.3 Å². The maximum Gasteiger partial charge on any atom is 0.282 e. The van der Waals surface area contributed by atoms with Gasteiger partial charge < -0.3 is 4.90 Å². The molecule has 154 valence electrons. The van der Waals surface area contributed by atoms with Gasteiger partial charge in [0.1, 0.15) is 5.56 Å². The summed E-state index contributed by atoms with van der Waals surface area (Å²) in [5.74, 6) is -1.10. The summed E-state index contributed by atoms with van der Waals surface area (Å²) in [6.45, 7) is 4.28. The van der Waals surface area contributed by atoms with Crippen LogP contribution in [-0.2, 0) is 0 Å². The normalized spacial score (nSPS) is 16.7. The van der Waals surface area contributed by atoms with Crippen LogP contribution in [0.2, 0.25) is 0 Å². The van der Waals surface area contributed by atoms with Gasteiger partial charge in [0.2, 0.25) is 0 Å². The van der Waals surface area contributed by atoms with Crippen molar-refractivity contribution in [3.63, 3.8) is 0 Å². The van der Waals surface area contributed by atoms with Crippen LogP contribution >= 0.6 is 0 Å². The van der Waals surface area contributed by atoms with Crippen molar-refractivity contribution in [1.29, 1.82) is 0 Å². The molecule has 0 aromatic heterocycles. The third-order valence-corrected chi connectivity index (χ3v) is 5.53. The van der Waals surface area contributed by atoms with Crippen LogP contribution in [0.1, 0.15) is 38.0 Å². The van der Waals surface area contributed by atoms with Crippen LogP contribution in [0.25, 0.3) is 0 Å². The second kappa shape index (κ2) is 7.68. The molecule has 9 nitrogen and oxygen atoms in total. The highest BCUT2D eigenvalue weighted by Crippen LogP contribution is 2.31. The minimum absolute atomic E-state index is 0.0209. The smallest absolute Gasteiger partial charge is 0.282 e. The molecular formula is C21H20N4O5. The Morgan fingerprint density at radius 2 is 1.67 bits per heavy atom. The predicted octanol–water partition coefficient (Wildman–Crippen LogP) is 2.17. The van der Waals surface area contributed by atoms with Crippen molar-refractivity contribution in [2.75, 3.05) is 37.7 Å². The second-order valence-electron chi connectivity index (χ2n) is 7.34. The molecule has 2 aliphatic heterocycles. The first-order valence-corrected chi connectivity index (χ1v) is 9.58. The number of Topliss-reactive ketones (excluding diaryl/α,β-unsaturated/α-hetero) is 1. The third-order valence-electron chi connectivity index (χ3n) is 5.53. The zero-order chi connectivity index (χ0) is 21.4. The Labute approximate surface area is 172 Å². The Morgan fingerprint density at radius 1 is 1.00 bits per heavy atom. The largest absolute Gasteiger partial charge is 0.369 e. The summed E-state index contributed by atoms with van der Waals surface area (Å²) in [5.41, 5.74) is 1.29. The van der Waals surface area contributed by atoms with Gasteiger partial charge in [-0.3, -0.25) is 34.3 Å². The monoisotopic (exact) mass is 408 g/mol. The Bertz CT molecular complexity index is 1040. The van der Waals surface area contributed by atoms with Crippen molar-refractivity contribution in [2.24, 2.45) is 0 Å². The van der Waals surface area contributed by atoms with Crippen LogP contribution < -0.4 is 4.90 Å². The summed E-state index contributed by atoms with van der Waals surface area (Å²) in [4.78, 5) is 52.6. The number of benzene rings is 2. The van der Waals surface area contributed by atoms with Crippen molar-refractivity contribution in [2.45, 2.75) is 6.92 Å². The van der Waals surface area contributed by atoms with E-state index in [1.54, 1.807) is 12.1 Å². The fraction of sp³-hybridized carbons (Fsp3) is 0.286. The van der Waals surface area contributed by atoms with Gasteiger partial charge in [-0.1, -0.05) is 6.07 Å². The van der Waals surface area contributed by atoms with Gasteiger partial charge in [-0.05, 0) is 37.3 Å². The molecular weight excluding hydrogens is 388 g/mol. The SMILES string of the molecule is CC(=O)c1ccc(N2CCN(CN3C(=O)c4cccc([N+](=O)[O-])c4C3=O)CC2)cc1. The van der Waals surface area contributed by atoms with Gasteiger partial charge in [-0.25, -0.2) is 0 Å². The summed E-state index contributed by atoms with van der Waals surface area (Å²) in [7, 11) is 0. The Morgan fingerprint density at radius 3 is 2.27 bits per heavy atom. The van der Waals surface area contributed by atoms with Gasteiger partial charge >= 0.3 is 0 Å². The predicted molar refractivity (Wildman–Crippen MR) is 109 cm³/mol. The molecule has 0 unspecified atom stereocenters. The third kappa shape index (κ3) is 3.43. The standard InChI is InChI=1S/C21H20N4O5/c1-14(26)15-5-7-16(8-6-15)23-11-9-22(10-12-23)13-24-20(27)17-3-2-4-18(25(29)30)19(17)21(24)28/h2-8H,9-13H2,1H3. The van der Waals surface area contributed by atoms with E-state index in [1.165, 1.54) is 25.1 Å². The summed E-state index contributed by atoms with van der Waals surface area (Å²) >= 11 is 0. The number of hydrogen-bond donors (Lipinski definition) is 0. The van der Waals surface area contributed by atoms with Crippen LogP contribution in [-0.4, -0.2) is 65.2 Å². The van der Waals surface area contributed by atoms with Crippen LogP contribution in [0.15, 0.2) is 42.5 Å². The number of carbonyl (C=O) groups excluding carboxylic acids is 3. The van der Waals surface area contributed by atoms with Crippen molar-refractivity contribution in [3.05, 3.63) is 69.3 Å². The number of fused-ring (bicyclic) bond motifs is 1. The Hall–Kier alpha value is -3.59. The Balaban J connectivity index is 1.41. The lowest BCUT2D eigenvalue weighted by atomic mass is 10.1. The van der Waals surface area contributed by atoms with Crippen LogP contribution in [0.3, 0.4) is 0 Å². The number of rotatable bonds is 5. The van der Waals surface area contributed by atoms with E-state index >= 15 is 0 Å². The fourth-order valence-corrected chi connectivity index (χ4v) is 3.85. The molecule has 2 aliphatic rings. The van der Waals surface area contributed by atoms with Crippen LogP contribution in [0.4, 0.5) is 11.4 Å². The number of nitro benzene ring substituents is 1. The number of hydrogen-bond acceptors (Lipinski definition) is 7. The molecule has 2 amide bonds. The number of piperazine rings is 1. The minimum Gasteiger partial charge on any atom is -0.369 e. The Kier molecular flexibility index (Phi) is 5.04. The molecule has 0 bridgehead atoms. The van der Waals surface area contributed by atoms with Crippen molar-refractivity contribution in [3.8, 4) is 0 Å². The number of nitrogens with zero attached hydrogens (tertiary/aromatic N) is 4. The van der Waals surface area contributed by atoms with E-state index in [-0.39, 0.29) is 29.3 Å². The second-order valence-corrected chi connectivity index (χ2v) is 7.34. The number of amides is 2. The van der Waals surface area contributed by atoms with E-state index in [0.717, 1.165) is 10.6 Å². The lowest BCUT2D eigenvalue weighted by Gasteiger charge is -2.37. The maximum atomic E-state index is 12.7. The van der Waals surface area contributed by atoms with Crippen LogP contribution in [0, 0.1) is 10.1 Å². The molecule has 2 heterocycles. The molecule has 9 heteroatoms. The molecule has 1 saturated heterocycles. The first-order valence-electron chi connectivity index (χ1n) is 9.58. The topological polar surface area (TPSA) is 104 Å². The first kappa shape index (κ1) is 19.7. The number of imide groups is 1. The fourth-order valence-electron chi connectivity index (χ4n) is 3.85. The molecule has 0 aliphatic carbocycles. The zero-order valence-corrected chi connectivity index (χ0v) is 16.4. The van der Waals surface area contributed by atoms with E-state index in [0.29, 0.717) is 31.7 Å². The molecule has 2 aromatic rings. The summed E-state index contributed by atoms with van der Waals surface area (Å²) < 4.78 is 0. The van der Waals surface area contributed by atoms with Gasteiger partial charge in [0, 0.05) is 43.5 Å². The van der Waals surface area contributed by atoms with E-state index in [4.69, 9.17) is 0 Å². The van der Waals surface area contributed by atoms with Gasteiger partial charge in [-0.15, -0.1) is 0 Å². The highest BCUT2D eigenvalue weighted by Gasteiger charge is 2.41. The van der Waals surface area contributed by atoms with E-state index in [9.17, 15) is 24.5 Å². The average Bonchev–Trinajstić information content (AvgIpc) is 2.99. The highest BCUT2D eigenvalue weighted by atomic mass is 16.6. The van der Waals surface area contributed by atoms with E-state index in [2.05, 4.69) is 4.90 Å². The van der Waals surface area contributed by atoms with Gasteiger partial charge in [0.25, 0.3) is 17.5 Å². The summed E-state index contributed by atoms with van der Waals surface area (Å²) in [5, 5.41) is 11.2. The van der Waals surface area contributed by atoms with E-state index < -0.39 is 16.7 Å². The van der Waals surface area contributed by atoms with Crippen molar-refractivity contribution in [1.82, 2.24) is 9.80 Å².